The van der Waals surface area contributed by atoms with Crippen molar-refractivity contribution in [1.29, 1.82) is 0 Å². The molecular formula is C14H15BN2O5S. The molecule has 2 aromatic rings. The van der Waals surface area contributed by atoms with Gasteiger partial charge in [-0.05, 0) is 42.1 Å². The molecule has 0 saturated heterocycles. The Morgan fingerprint density at radius 1 is 1.57 bits per heavy atom. The fourth-order valence-electron chi connectivity index (χ4n) is 2.85. The van der Waals surface area contributed by atoms with Crippen molar-refractivity contribution in [3.8, 4) is 10.9 Å². The van der Waals surface area contributed by atoms with E-state index < -0.39 is 25.1 Å². The average molecular weight is 334 g/mol. The third-order valence-electron chi connectivity index (χ3n) is 3.89. The second-order valence-corrected chi connectivity index (χ2v) is 6.11. The zero-order chi connectivity index (χ0) is 16.6. The largest absolute Gasteiger partial charge is 0.492 e. The van der Waals surface area contributed by atoms with Gasteiger partial charge in [-0.25, -0.2) is 0 Å². The number of rotatable bonds is 5. The Hall–Kier alpha value is -1.97. The van der Waals surface area contributed by atoms with Gasteiger partial charge in [0.05, 0.1) is 12.0 Å². The van der Waals surface area contributed by atoms with E-state index in [0.29, 0.717) is 22.8 Å². The molecule has 2 heterocycles. The highest BCUT2D eigenvalue weighted by molar-refractivity contribution is 7.11. The van der Waals surface area contributed by atoms with Crippen LogP contribution in [-0.2, 0) is 9.45 Å². The Morgan fingerprint density at radius 2 is 2.35 bits per heavy atom. The Labute approximate surface area is 137 Å². The van der Waals surface area contributed by atoms with Crippen LogP contribution >= 0.6 is 11.3 Å². The van der Waals surface area contributed by atoms with Gasteiger partial charge in [0, 0.05) is 0 Å². The predicted molar refractivity (Wildman–Crippen MR) is 84.0 cm³/mol. The summed E-state index contributed by atoms with van der Waals surface area (Å²) >= 11 is 1.25. The highest BCUT2D eigenvalue weighted by Crippen LogP contribution is 2.37. The van der Waals surface area contributed by atoms with Gasteiger partial charge >= 0.3 is 13.1 Å². The monoisotopic (exact) mass is 334 g/mol. The van der Waals surface area contributed by atoms with Gasteiger partial charge in [0.25, 0.3) is 5.19 Å². The molecule has 0 fully saturated rings. The minimum absolute atomic E-state index is 0.395. The molecule has 23 heavy (non-hydrogen) atoms. The molecule has 0 spiro atoms. The predicted octanol–water partition coefficient (Wildman–Crippen LogP) is 1.51. The SMILES string of the molecule is CCC(C(=O)O)[C@@H]1OB(O)c2cc(Oc3nncs3)cc(C)c21. The number of fused-ring (bicyclic) bond motifs is 1. The maximum atomic E-state index is 11.4. The smallest absolute Gasteiger partial charge is 0.481 e. The number of carbonyl (C=O) groups is 1. The minimum Gasteiger partial charge on any atom is -0.481 e. The van der Waals surface area contributed by atoms with Crippen LogP contribution in [0.4, 0.5) is 0 Å². The van der Waals surface area contributed by atoms with Gasteiger partial charge in [-0.1, -0.05) is 23.4 Å². The molecule has 9 heteroatoms. The van der Waals surface area contributed by atoms with Gasteiger partial charge in [0.1, 0.15) is 11.3 Å². The summed E-state index contributed by atoms with van der Waals surface area (Å²) in [7, 11) is -1.17. The molecule has 0 saturated carbocycles. The first-order valence-electron chi connectivity index (χ1n) is 7.16. The molecule has 0 bridgehead atoms. The molecule has 1 aromatic carbocycles. The normalized spacial score (nSPS) is 17.9. The maximum Gasteiger partial charge on any atom is 0.492 e. The number of hydrogen-bond acceptors (Lipinski definition) is 7. The number of benzene rings is 1. The third-order valence-corrected chi connectivity index (χ3v) is 4.45. The first-order valence-corrected chi connectivity index (χ1v) is 8.04. The molecule has 1 unspecified atom stereocenters. The molecule has 2 N–H and O–H groups in total. The summed E-state index contributed by atoms with van der Waals surface area (Å²) in [4.78, 5) is 11.4. The number of nitrogens with zero attached hydrogens (tertiary/aromatic N) is 2. The van der Waals surface area contributed by atoms with Gasteiger partial charge in [-0.15, -0.1) is 5.10 Å². The van der Waals surface area contributed by atoms with Crippen molar-refractivity contribution in [1.82, 2.24) is 10.2 Å². The first kappa shape index (κ1) is 15.9. The molecule has 0 radical (unpaired) electrons. The highest BCUT2D eigenvalue weighted by Gasteiger charge is 2.42. The molecule has 120 valence electrons. The lowest BCUT2D eigenvalue weighted by Gasteiger charge is -2.21. The summed E-state index contributed by atoms with van der Waals surface area (Å²) in [5, 5.41) is 27.4. The zero-order valence-corrected chi connectivity index (χ0v) is 13.4. The van der Waals surface area contributed by atoms with Crippen molar-refractivity contribution in [2.45, 2.75) is 26.4 Å². The lowest BCUT2D eigenvalue weighted by atomic mass is 9.77. The summed E-state index contributed by atoms with van der Waals surface area (Å²) in [6.07, 6.45) is -0.257. The molecular weight excluding hydrogens is 319 g/mol. The number of carboxylic acid groups (broad SMARTS) is 1. The van der Waals surface area contributed by atoms with Crippen LogP contribution in [0, 0.1) is 12.8 Å². The Morgan fingerprint density at radius 3 is 2.96 bits per heavy atom. The fourth-order valence-corrected chi connectivity index (χ4v) is 3.27. The summed E-state index contributed by atoms with van der Waals surface area (Å²) in [6, 6.07) is 3.44. The van der Waals surface area contributed by atoms with Crippen LogP contribution in [0.25, 0.3) is 0 Å². The fraction of sp³-hybridized carbons (Fsp3) is 0.357. The van der Waals surface area contributed by atoms with Gasteiger partial charge in [0.2, 0.25) is 0 Å². The highest BCUT2D eigenvalue weighted by atomic mass is 32.1. The van der Waals surface area contributed by atoms with Crippen molar-refractivity contribution in [3.05, 3.63) is 28.8 Å². The number of hydrogen-bond donors (Lipinski definition) is 2. The summed E-state index contributed by atoms with van der Waals surface area (Å²) in [5.74, 6) is -1.14. The molecule has 1 aliphatic rings. The number of ether oxygens (including phenoxy) is 1. The maximum absolute atomic E-state index is 11.4. The molecule has 0 aliphatic carbocycles. The van der Waals surface area contributed by atoms with Crippen molar-refractivity contribution >= 4 is 29.9 Å². The van der Waals surface area contributed by atoms with Crippen LogP contribution < -0.4 is 10.2 Å². The van der Waals surface area contributed by atoms with Crippen LogP contribution in [0.5, 0.6) is 10.9 Å². The first-order chi connectivity index (χ1) is 11.0. The number of carboxylic acids is 1. The Kier molecular flexibility index (Phi) is 4.34. The lowest BCUT2D eigenvalue weighted by Crippen LogP contribution is -2.28. The molecule has 0 amide bonds. The number of aromatic nitrogens is 2. The zero-order valence-electron chi connectivity index (χ0n) is 12.6. The van der Waals surface area contributed by atoms with E-state index >= 15 is 0 Å². The molecule has 7 nitrogen and oxygen atoms in total. The van der Waals surface area contributed by atoms with Crippen molar-refractivity contribution in [2.75, 3.05) is 0 Å². The van der Waals surface area contributed by atoms with Crippen molar-refractivity contribution < 1.29 is 24.3 Å². The van der Waals surface area contributed by atoms with E-state index in [4.69, 9.17) is 9.39 Å². The quantitative estimate of drug-likeness (QED) is 0.799. The number of aryl methyl sites for hydroxylation is 1. The second kappa shape index (κ2) is 6.27. The second-order valence-electron chi connectivity index (χ2n) is 5.31. The standard InChI is InChI=1S/C14H15BN2O5S/c1-3-9(13(18)19)12-11-7(2)4-8(5-10(11)15(20)22-12)21-14-17-16-6-23-14/h4-6,9,12,20H,3H2,1-2H3,(H,18,19)/t9?,12-/m0/s1. The third kappa shape index (κ3) is 2.95. The van der Waals surface area contributed by atoms with E-state index in [2.05, 4.69) is 10.2 Å². The van der Waals surface area contributed by atoms with Crippen LogP contribution in [-0.4, -0.2) is 33.4 Å². The van der Waals surface area contributed by atoms with Crippen LogP contribution in [0.2, 0.25) is 0 Å². The Balaban J connectivity index is 1.97. The summed E-state index contributed by atoms with van der Waals surface area (Å²) in [5.41, 5.74) is 3.62. The lowest BCUT2D eigenvalue weighted by molar-refractivity contribution is -0.145. The van der Waals surface area contributed by atoms with Crippen molar-refractivity contribution in [3.63, 3.8) is 0 Å². The Bertz CT molecular complexity index is 724. The van der Waals surface area contributed by atoms with Crippen molar-refractivity contribution in [2.24, 2.45) is 5.92 Å². The molecule has 2 atom stereocenters. The van der Waals surface area contributed by atoms with Gasteiger partial charge in [-0.2, -0.15) is 0 Å². The van der Waals surface area contributed by atoms with E-state index in [9.17, 15) is 14.9 Å². The van der Waals surface area contributed by atoms with E-state index in [1.165, 1.54) is 11.3 Å². The van der Waals surface area contributed by atoms with E-state index in [0.717, 1.165) is 11.1 Å². The summed E-state index contributed by atoms with van der Waals surface area (Å²) in [6.45, 7) is 3.63. The van der Waals surface area contributed by atoms with Crippen LogP contribution in [0.1, 0.15) is 30.6 Å². The molecule has 1 aliphatic heterocycles. The van der Waals surface area contributed by atoms with Gasteiger partial charge < -0.3 is 19.5 Å². The van der Waals surface area contributed by atoms with E-state index in [-0.39, 0.29) is 0 Å². The van der Waals surface area contributed by atoms with Gasteiger partial charge in [-0.3, -0.25) is 4.79 Å². The van der Waals surface area contributed by atoms with E-state index in [1.54, 1.807) is 24.6 Å². The van der Waals surface area contributed by atoms with Gasteiger partial charge in [0.15, 0.2) is 0 Å². The number of aliphatic carboxylic acids is 1. The topological polar surface area (TPSA) is 102 Å². The molecule has 1 aromatic heterocycles. The van der Waals surface area contributed by atoms with Crippen LogP contribution in [0.15, 0.2) is 17.6 Å². The minimum atomic E-state index is -1.17. The average Bonchev–Trinajstić information content (AvgIpc) is 3.09. The molecule has 3 rings (SSSR count). The summed E-state index contributed by atoms with van der Waals surface area (Å²) < 4.78 is 11.1. The van der Waals surface area contributed by atoms with Crippen LogP contribution in [0.3, 0.4) is 0 Å². The van der Waals surface area contributed by atoms with E-state index in [1.807, 2.05) is 6.92 Å².